The summed E-state index contributed by atoms with van der Waals surface area (Å²) in [6.07, 6.45) is 0. The number of anilines is 3. The van der Waals surface area contributed by atoms with Gasteiger partial charge < -0.3 is 9.32 Å². The van der Waals surface area contributed by atoms with Gasteiger partial charge in [0.25, 0.3) is 0 Å². The number of fused-ring (bicyclic) bond motifs is 7. The van der Waals surface area contributed by atoms with Gasteiger partial charge in [-0.05, 0) is 114 Å². The lowest BCUT2D eigenvalue weighted by Crippen LogP contribution is -2.10. The first-order valence-corrected chi connectivity index (χ1v) is 19.2. The normalized spacial score (nSPS) is 11.6. The average molecular weight is 714 g/mol. The predicted octanol–water partition coefficient (Wildman–Crippen LogP) is 15.5. The van der Waals surface area contributed by atoms with Crippen molar-refractivity contribution in [2.45, 2.75) is 0 Å². The van der Waals surface area contributed by atoms with E-state index in [1.54, 1.807) is 0 Å². The predicted molar refractivity (Wildman–Crippen MR) is 237 cm³/mol. The van der Waals surface area contributed by atoms with E-state index in [0.717, 1.165) is 39.0 Å². The van der Waals surface area contributed by atoms with Crippen LogP contribution in [0, 0.1) is 0 Å². The van der Waals surface area contributed by atoms with Crippen LogP contribution in [0.5, 0.6) is 0 Å². The summed E-state index contributed by atoms with van der Waals surface area (Å²) in [4.78, 5) is 2.32. The van der Waals surface area contributed by atoms with Crippen molar-refractivity contribution >= 4 is 71.3 Å². The van der Waals surface area contributed by atoms with Gasteiger partial charge >= 0.3 is 0 Å². The van der Waals surface area contributed by atoms with E-state index >= 15 is 0 Å². The van der Waals surface area contributed by atoms with Gasteiger partial charge in [-0.15, -0.1) is 0 Å². The van der Waals surface area contributed by atoms with Crippen LogP contribution in [-0.2, 0) is 0 Å². The quantitative estimate of drug-likeness (QED) is 0.171. The van der Waals surface area contributed by atoms with E-state index < -0.39 is 0 Å². The topological polar surface area (TPSA) is 16.4 Å². The molecule has 0 saturated carbocycles. The van der Waals surface area contributed by atoms with E-state index in [1.807, 2.05) is 0 Å². The number of para-hydroxylation sites is 1. The molecular weight excluding hydrogens is 679 g/mol. The number of benzene rings is 10. The van der Waals surface area contributed by atoms with Gasteiger partial charge in [0.1, 0.15) is 5.58 Å². The van der Waals surface area contributed by atoms with Crippen molar-refractivity contribution < 1.29 is 4.42 Å². The first kappa shape index (κ1) is 32.0. The molecule has 10 aromatic carbocycles. The van der Waals surface area contributed by atoms with Crippen molar-refractivity contribution in [3.63, 3.8) is 0 Å². The minimum atomic E-state index is 0.867. The summed E-state index contributed by atoms with van der Waals surface area (Å²) < 4.78 is 6.76. The van der Waals surface area contributed by atoms with E-state index in [4.69, 9.17) is 4.42 Å². The molecule has 0 aliphatic carbocycles. The Bertz CT molecular complexity index is 3230. The summed E-state index contributed by atoms with van der Waals surface area (Å²) >= 11 is 0. The molecule has 0 spiro atoms. The minimum Gasteiger partial charge on any atom is -0.454 e. The second-order valence-corrected chi connectivity index (χ2v) is 14.5. The lowest BCUT2D eigenvalue weighted by molar-refractivity contribution is 0.669. The van der Waals surface area contributed by atoms with Gasteiger partial charge in [0.15, 0.2) is 5.58 Å². The Balaban J connectivity index is 1.01. The Kier molecular flexibility index (Phi) is 7.53. The van der Waals surface area contributed by atoms with Gasteiger partial charge in [-0.25, -0.2) is 0 Å². The second kappa shape index (κ2) is 13.2. The van der Waals surface area contributed by atoms with Crippen molar-refractivity contribution in [2.75, 3.05) is 4.90 Å². The highest BCUT2D eigenvalue weighted by atomic mass is 16.3. The molecule has 0 N–H and O–H groups in total. The van der Waals surface area contributed by atoms with Crippen molar-refractivity contribution in [3.8, 4) is 33.4 Å². The van der Waals surface area contributed by atoms with Crippen LogP contribution < -0.4 is 4.90 Å². The zero-order valence-electron chi connectivity index (χ0n) is 30.6. The van der Waals surface area contributed by atoms with Crippen LogP contribution in [0.25, 0.3) is 87.6 Å². The van der Waals surface area contributed by atoms with E-state index in [0.29, 0.717) is 0 Å². The lowest BCUT2D eigenvalue weighted by atomic mass is 9.94. The van der Waals surface area contributed by atoms with E-state index in [1.165, 1.54) is 65.7 Å². The molecule has 0 bridgehead atoms. The zero-order chi connectivity index (χ0) is 37.0. The number of rotatable bonds is 6. The molecule has 0 atom stereocenters. The zero-order valence-corrected chi connectivity index (χ0v) is 30.6. The largest absolute Gasteiger partial charge is 0.454 e. The fourth-order valence-corrected chi connectivity index (χ4v) is 8.46. The maximum Gasteiger partial charge on any atom is 0.159 e. The van der Waals surface area contributed by atoms with Crippen LogP contribution >= 0.6 is 0 Å². The van der Waals surface area contributed by atoms with Crippen LogP contribution in [0.1, 0.15) is 0 Å². The fraction of sp³-hybridized carbons (Fsp3) is 0. The first-order valence-electron chi connectivity index (χ1n) is 19.2. The smallest absolute Gasteiger partial charge is 0.159 e. The maximum atomic E-state index is 6.76. The number of nitrogens with zero attached hydrogens (tertiary/aromatic N) is 1. The van der Waals surface area contributed by atoms with Crippen LogP contribution in [0.4, 0.5) is 17.1 Å². The van der Waals surface area contributed by atoms with Crippen LogP contribution in [0.3, 0.4) is 0 Å². The number of furan rings is 1. The monoisotopic (exact) mass is 713 g/mol. The third-order valence-corrected chi connectivity index (χ3v) is 11.2. The van der Waals surface area contributed by atoms with Gasteiger partial charge in [-0.2, -0.15) is 0 Å². The van der Waals surface area contributed by atoms with Gasteiger partial charge in [-0.3, -0.25) is 0 Å². The maximum absolute atomic E-state index is 6.76. The molecule has 0 fully saturated rings. The standard InChI is InChI=1S/C54H35NO/c1-2-10-36(11-3-1)38-22-28-45(29-23-38)55(51-19-9-18-50-53-49-16-7-6-13-40(49)27-33-52(53)56-54(50)51)46-30-24-39(25-31-46)42-26-32-48-43(35-42)15-8-17-47(48)44-21-20-37-12-4-5-14-41(37)34-44/h1-35H. The van der Waals surface area contributed by atoms with Crippen molar-refractivity contribution in [1.82, 2.24) is 0 Å². The third kappa shape index (κ3) is 5.42. The molecule has 0 amide bonds. The van der Waals surface area contributed by atoms with Crippen molar-refractivity contribution in [2.24, 2.45) is 0 Å². The Labute approximate surface area is 325 Å². The van der Waals surface area contributed by atoms with Crippen LogP contribution in [-0.4, -0.2) is 0 Å². The molecule has 2 heteroatoms. The van der Waals surface area contributed by atoms with E-state index in [9.17, 15) is 0 Å². The lowest BCUT2D eigenvalue weighted by Gasteiger charge is -2.26. The molecule has 0 unspecified atom stereocenters. The van der Waals surface area contributed by atoms with Gasteiger partial charge in [0.2, 0.25) is 0 Å². The van der Waals surface area contributed by atoms with Crippen molar-refractivity contribution in [1.29, 1.82) is 0 Å². The Morgan fingerprint density at radius 2 is 0.893 bits per heavy atom. The summed E-state index contributed by atoms with van der Waals surface area (Å²) in [6.45, 7) is 0. The molecule has 2 nitrogen and oxygen atoms in total. The van der Waals surface area contributed by atoms with Crippen LogP contribution in [0.15, 0.2) is 217 Å². The second-order valence-electron chi connectivity index (χ2n) is 14.5. The number of hydrogen-bond donors (Lipinski definition) is 0. The summed E-state index contributed by atoms with van der Waals surface area (Å²) in [5.41, 5.74) is 12.1. The molecule has 11 rings (SSSR count). The molecular formula is C54H35NO. The summed E-state index contributed by atoms with van der Waals surface area (Å²) in [7, 11) is 0. The van der Waals surface area contributed by atoms with Gasteiger partial charge in [0, 0.05) is 22.1 Å². The highest BCUT2D eigenvalue weighted by molar-refractivity contribution is 6.21. The number of hydrogen-bond acceptors (Lipinski definition) is 2. The summed E-state index contributed by atoms with van der Waals surface area (Å²) in [5, 5.41) is 9.64. The molecule has 11 aromatic rings. The van der Waals surface area contributed by atoms with Crippen molar-refractivity contribution in [3.05, 3.63) is 212 Å². The molecule has 56 heavy (non-hydrogen) atoms. The fourth-order valence-electron chi connectivity index (χ4n) is 8.46. The van der Waals surface area contributed by atoms with Gasteiger partial charge in [0.05, 0.1) is 5.69 Å². The molecule has 0 saturated heterocycles. The molecule has 1 heterocycles. The third-order valence-electron chi connectivity index (χ3n) is 11.2. The highest BCUT2D eigenvalue weighted by Gasteiger charge is 2.20. The molecule has 0 aliphatic heterocycles. The Morgan fingerprint density at radius 1 is 0.321 bits per heavy atom. The minimum absolute atomic E-state index is 0.867. The summed E-state index contributed by atoms with van der Waals surface area (Å²) in [5.74, 6) is 0. The molecule has 262 valence electrons. The Morgan fingerprint density at radius 3 is 1.70 bits per heavy atom. The first-order chi connectivity index (χ1) is 27.7. The Hall–Kier alpha value is -7.42. The van der Waals surface area contributed by atoms with E-state index in [-0.39, 0.29) is 0 Å². The van der Waals surface area contributed by atoms with Crippen LogP contribution in [0.2, 0.25) is 0 Å². The molecule has 0 radical (unpaired) electrons. The van der Waals surface area contributed by atoms with Gasteiger partial charge in [-0.1, -0.05) is 164 Å². The average Bonchev–Trinajstić information content (AvgIpc) is 3.67. The van der Waals surface area contributed by atoms with E-state index in [2.05, 4.69) is 217 Å². The SMILES string of the molecule is c1ccc(-c2ccc(N(c3ccc(-c4ccc5c(-c6ccc7ccccc7c6)cccc5c4)cc3)c3cccc4c3oc3ccc5ccccc5c34)cc2)cc1. The summed E-state index contributed by atoms with van der Waals surface area (Å²) in [6, 6.07) is 76.4. The molecule has 0 aliphatic rings. The highest BCUT2D eigenvalue weighted by Crippen LogP contribution is 2.44. The molecule has 1 aromatic heterocycles.